The molecule has 1 aliphatic heterocycles. The van der Waals surface area contributed by atoms with Crippen LogP contribution in [0.2, 0.25) is 0 Å². The van der Waals surface area contributed by atoms with Crippen molar-refractivity contribution in [2.24, 2.45) is 0 Å². The van der Waals surface area contributed by atoms with Crippen LogP contribution in [0.3, 0.4) is 0 Å². The third kappa shape index (κ3) is 4.38. The van der Waals surface area contributed by atoms with Crippen molar-refractivity contribution >= 4 is 35.6 Å². The minimum absolute atomic E-state index is 0.193. The minimum atomic E-state index is -1.10. The molecule has 2 N–H and O–H groups in total. The molecule has 154 valence electrons. The number of amides is 4. The Morgan fingerprint density at radius 2 is 1.67 bits per heavy atom. The lowest BCUT2D eigenvalue weighted by Gasteiger charge is -2.27. The van der Waals surface area contributed by atoms with Crippen molar-refractivity contribution in [3.05, 3.63) is 64.7 Å². The van der Waals surface area contributed by atoms with E-state index in [0.717, 1.165) is 16.0 Å². The highest BCUT2D eigenvalue weighted by Gasteiger charge is 2.36. The number of carbonyl (C=O) groups excluding carboxylic acids is 3. The van der Waals surface area contributed by atoms with Crippen LogP contribution in [0.1, 0.15) is 23.6 Å². The predicted octanol–water partition coefficient (Wildman–Crippen LogP) is 2.82. The van der Waals surface area contributed by atoms with Gasteiger partial charge in [-0.2, -0.15) is 0 Å². The molecule has 4 amide bonds. The smallest absolute Gasteiger partial charge is 0.344 e. The number of nitrogens with zero attached hydrogens (tertiary/aromatic N) is 1. The summed E-state index contributed by atoms with van der Waals surface area (Å²) in [7, 11) is 0. The van der Waals surface area contributed by atoms with Crippen LogP contribution in [0, 0.1) is 13.8 Å². The van der Waals surface area contributed by atoms with Gasteiger partial charge in [-0.15, -0.1) is 0 Å². The molecule has 1 heterocycles. The highest BCUT2D eigenvalue weighted by molar-refractivity contribution is 6.39. The zero-order chi connectivity index (χ0) is 22.0. The number of hydrogen-bond donors (Lipinski definition) is 2. The Labute approximate surface area is 172 Å². The summed E-state index contributed by atoms with van der Waals surface area (Å²) in [6, 6.07) is 10.7. The maximum absolute atomic E-state index is 12.9. The average molecular weight is 408 g/mol. The first kappa shape index (κ1) is 20.8. The van der Waals surface area contributed by atoms with Crippen molar-refractivity contribution in [1.82, 2.24) is 5.32 Å². The monoisotopic (exact) mass is 408 g/mol. The standard InChI is InChI=1S/C22H20N2O6/c1-12-8-13(2)10-16(9-12)24-20(26)18(19(25)23-22(24)29)11-15-4-6-17(7-5-15)30-14(3)21(27)28/h4-11,14H,1-3H3,(H,27,28)(H,23,25,29)/b18-11-/t14-/m0/s1. The maximum Gasteiger partial charge on any atom is 0.344 e. The number of urea groups is 1. The first-order valence-corrected chi connectivity index (χ1v) is 9.15. The summed E-state index contributed by atoms with van der Waals surface area (Å²) in [5.74, 6) is -2.28. The van der Waals surface area contributed by atoms with Gasteiger partial charge in [-0.05, 0) is 67.8 Å². The van der Waals surface area contributed by atoms with Crippen LogP contribution in [0.5, 0.6) is 5.75 Å². The number of carbonyl (C=O) groups is 4. The summed E-state index contributed by atoms with van der Waals surface area (Å²) in [5, 5.41) is 11.1. The third-order valence-corrected chi connectivity index (χ3v) is 4.42. The molecule has 3 rings (SSSR count). The molecule has 0 spiro atoms. The van der Waals surface area contributed by atoms with Gasteiger partial charge in [0.1, 0.15) is 11.3 Å². The molecule has 2 aromatic rings. The van der Waals surface area contributed by atoms with Crippen molar-refractivity contribution in [1.29, 1.82) is 0 Å². The van der Waals surface area contributed by atoms with Gasteiger partial charge < -0.3 is 9.84 Å². The van der Waals surface area contributed by atoms with E-state index in [1.807, 2.05) is 19.9 Å². The molecule has 1 saturated heterocycles. The number of anilines is 1. The van der Waals surface area contributed by atoms with E-state index in [2.05, 4.69) is 5.32 Å². The minimum Gasteiger partial charge on any atom is -0.479 e. The average Bonchev–Trinajstić information content (AvgIpc) is 2.65. The SMILES string of the molecule is Cc1cc(C)cc(N2C(=O)NC(=O)/C(=C/c3ccc(O[C@@H](C)C(=O)O)cc3)C2=O)c1. The summed E-state index contributed by atoms with van der Waals surface area (Å²) < 4.78 is 5.25. The summed E-state index contributed by atoms with van der Waals surface area (Å²) in [5.41, 5.74) is 2.44. The Morgan fingerprint density at radius 1 is 1.07 bits per heavy atom. The summed E-state index contributed by atoms with van der Waals surface area (Å²) in [6.45, 7) is 5.10. The third-order valence-electron chi connectivity index (χ3n) is 4.42. The second kappa shape index (κ2) is 8.20. The van der Waals surface area contributed by atoms with Gasteiger partial charge in [0.05, 0.1) is 5.69 Å². The van der Waals surface area contributed by atoms with Crippen LogP contribution in [0.15, 0.2) is 48.0 Å². The zero-order valence-corrected chi connectivity index (χ0v) is 16.6. The molecule has 1 fully saturated rings. The number of hydrogen-bond acceptors (Lipinski definition) is 5. The second-order valence-electron chi connectivity index (χ2n) is 6.97. The highest BCUT2D eigenvalue weighted by Crippen LogP contribution is 2.24. The van der Waals surface area contributed by atoms with Crippen LogP contribution in [0.25, 0.3) is 6.08 Å². The molecule has 8 heteroatoms. The van der Waals surface area contributed by atoms with Gasteiger partial charge in [0, 0.05) is 0 Å². The highest BCUT2D eigenvalue weighted by atomic mass is 16.5. The molecule has 8 nitrogen and oxygen atoms in total. The molecule has 30 heavy (non-hydrogen) atoms. The molecule has 0 unspecified atom stereocenters. The molecule has 0 bridgehead atoms. The van der Waals surface area contributed by atoms with Gasteiger partial charge >= 0.3 is 12.0 Å². The van der Waals surface area contributed by atoms with Gasteiger partial charge in [0.25, 0.3) is 11.8 Å². The number of carboxylic acid groups (broad SMARTS) is 1. The molecule has 0 saturated carbocycles. The van der Waals surface area contributed by atoms with Gasteiger partial charge in [-0.1, -0.05) is 18.2 Å². The molecule has 2 aromatic carbocycles. The number of rotatable bonds is 5. The molecule has 0 radical (unpaired) electrons. The van der Waals surface area contributed by atoms with E-state index in [1.54, 1.807) is 24.3 Å². The number of imide groups is 2. The van der Waals surface area contributed by atoms with Gasteiger partial charge in [0.2, 0.25) is 0 Å². The Balaban J connectivity index is 1.90. The number of ether oxygens (including phenoxy) is 1. The fourth-order valence-electron chi connectivity index (χ4n) is 3.04. The number of benzene rings is 2. The number of barbiturate groups is 1. The molecule has 0 aliphatic carbocycles. The molecule has 1 atom stereocenters. The lowest BCUT2D eigenvalue weighted by atomic mass is 10.1. The van der Waals surface area contributed by atoms with Crippen molar-refractivity contribution in [2.45, 2.75) is 26.9 Å². The second-order valence-corrected chi connectivity index (χ2v) is 6.97. The van der Waals surface area contributed by atoms with E-state index in [-0.39, 0.29) is 5.57 Å². The van der Waals surface area contributed by atoms with Crippen molar-refractivity contribution < 1.29 is 29.0 Å². The van der Waals surface area contributed by atoms with Crippen LogP contribution in [-0.4, -0.2) is 35.0 Å². The van der Waals surface area contributed by atoms with E-state index < -0.39 is 29.9 Å². The van der Waals surface area contributed by atoms with Gasteiger partial charge in [-0.3, -0.25) is 14.9 Å². The van der Waals surface area contributed by atoms with Crippen LogP contribution < -0.4 is 15.0 Å². The van der Waals surface area contributed by atoms with Gasteiger partial charge in [-0.25, -0.2) is 14.5 Å². The quantitative estimate of drug-likeness (QED) is 0.581. The van der Waals surface area contributed by atoms with E-state index >= 15 is 0 Å². The number of carboxylic acids is 1. The normalized spacial score (nSPS) is 16.4. The fraction of sp³-hybridized carbons (Fsp3) is 0.182. The van der Waals surface area contributed by atoms with E-state index in [9.17, 15) is 19.2 Å². The first-order valence-electron chi connectivity index (χ1n) is 9.15. The maximum atomic E-state index is 12.9. The van der Waals surface area contributed by atoms with Crippen LogP contribution >= 0.6 is 0 Å². The Morgan fingerprint density at radius 3 is 2.23 bits per heavy atom. The van der Waals surface area contributed by atoms with Crippen LogP contribution in [0.4, 0.5) is 10.5 Å². The molecule has 1 aliphatic rings. The van der Waals surface area contributed by atoms with E-state index in [0.29, 0.717) is 17.0 Å². The zero-order valence-electron chi connectivity index (χ0n) is 16.6. The summed E-state index contributed by atoms with van der Waals surface area (Å²) in [4.78, 5) is 49.3. The van der Waals surface area contributed by atoms with Crippen molar-refractivity contribution in [3.8, 4) is 5.75 Å². The first-order chi connectivity index (χ1) is 14.2. The number of aliphatic carboxylic acids is 1. The molecular formula is C22H20N2O6. The largest absolute Gasteiger partial charge is 0.479 e. The van der Waals surface area contributed by atoms with Crippen LogP contribution in [-0.2, 0) is 14.4 Å². The Bertz CT molecular complexity index is 1050. The number of nitrogens with one attached hydrogen (secondary N) is 1. The van der Waals surface area contributed by atoms with Gasteiger partial charge in [0.15, 0.2) is 6.10 Å². The predicted molar refractivity (Wildman–Crippen MR) is 109 cm³/mol. The lowest BCUT2D eigenvalue weighted by Crippen LogP contribution is -2.54. The summed E-state index contributed by atoms with van der Waals surface area (Å²) in [6.07, 6.45) is 0.349. The van der Waals surface area contributed by atoms with E-state index in [1.165, 1.54) is 25.1 Å². The Kier molecular flexibility index (Phi) is 5.68. The number of aryl methyl sites for hydroxylation is 2. The molecular weight excluding hydrogens is 388 g/mol. The fourth-order valence-corrected chi connectivity index (χ4v) is 3.04. The van der Waals surface area contributed by atoms with Crippen molar-refractivity contribution in [3.63, 3.8) is 0 Å². The summed E-state index contributed by atoms with van der Waals surface area (Å²) >= 11 is 0. The Hall–Kier alpha value is -3.94. The molecule has 0 aromatic heterocycles. The lowest BCUT2D eigenvalue weighted by molar-refractivity contribution is -0.144. The van der Waals surface area contributed by atoms with Crippen molar-refractivity contribution in [2.75, 3.05) is 4.90 Å². The van der Waals surface area contributed by atoms with E-state index in [4.69, 9.17) is 9.84 Å². The topological polar surface area (TPSA) is 113 Å².